The van der Waals surface area contributed by atoms with Gasteiger partial charge < -0.3 is 10.4 Å². The summed E-state index contributed by atoms with van der Waals surface area (Å²) < 4.78 is 0. The molecule has 68 valence electrons. The van der Waals surface area contributed by atoms with E-state index >= 15 is 0 Å². The van der Waals surface area contributed by atoms with Crippen LogP contribution < -0.4 is 5.32 Å². The van der Waals surface area contributed by atoms with E-state index in [1.54, 1.807) is 0 Å². The van der Waals surface area contributed by atoms with Crippen LogP contribution in [0.4, 0.5) is 0 Å². The standard InChI is InChI=1S/C9H21NO/c1-4-10-7-9(11)6-5-8(2)3/h8-11H,4-7H2,1-3H3. The highest BCUT2D eigenvalue weighted by molar-refractivity contribution is 4.59. The summed E-state index contributed by atoms with van der Waals surface area (Å²) in [6, 6.07) is 0. The Morgan fingerprint density at radius 3 is 2.36 bits per heavy atom. The van der Waals surface area contributed by atoms with Crippen LogP contribution in [0.1, 0.15) is 33.6 Å². The first-order chi connectivity index (χ1) is 5.16. The van der Waals surface area contributed by atoms with Gasteiger partial charge >= 0.3 is 0 Å². The maximum atomic E-state index is 9.37. The number of likely N-dealkylation sites (N-methyl/N-ethyl adjacent to an activating group) is 1. The van der Waals surface area contributed by atoms with Gasteiger partial charge in [0.1, 0.15) is 0 Å². The van der Waals surface area contributed by atoms with Crippen molar-refractivity contribution < 1.29 is 5.11 Å². The van der Waals surface area contributed by atoms with Crippen LogP contribution in [-0.4, -0.2) is 24.3 Å². The second kappa shape index (κ2) is 6.62. The van der Waals surface area contributed by atoms with E-state index in [-0.39, 0.29) is 6.10 Å². The predicted molar refractivity (Wildman–Crippen MR) is 48.6 cm³/mol. The molecular weight excluding hydrogens is 138 g/mol. The first kappa shape index (κ1) is 10.9. The van der Waals surface area contributed by atoms with E-state index in [2.05, 4.69) is 26.1 Å². The third-order valence-corrected chi connectivity index (χ3v) is 1.71. The highest BCUT2D eigenvalue weighted by Crippen LogP contribution is 2.05. The van der Waals surface area contributed by atoms with Crippen LogP contribution in [0, 0.1) is 5.92 Å². The topological polar surface area (TPSA) is 32.3 Å². The van der Waals surface area contributed by atoms with Crippen LogP contribution in [0.5, 0.6) is 0 Å². The van der Waals surface area contributed by atoms with Gasteiger partial charge in [-0.25, -0.2) is 0 Å². The third-order valence-electron chi connectivity index (χ3n) is 1.71. The summed E-state index contributed by atoms with van der Waals surface area (Å²) in [5.74, 6) is 0.700. The molecule has 0 heterocycles. The van der Waals surface area contributed by atoms with Crippen molar-refractivity contribution in [3.8, 4) is 0 Å². The summed E-state index contributed by atoms with van der Waals surface area (Å²) in [6.45, 7) is 8.09. The van der Waals surface area contributed by atoms with E-state index in [0.717, 1.165) is 25.9 Å². The van der Waals surface area contributed by atoms with Gasteiger partial charge in [-0.3, -0.25) is 0 Å². The van der Waals surface area contributed by atoms with Crippen LogP contribution in [0.3, 0.4) is 0 Å². The number of nitrogens with one attached hydrogen (secondary N) is 1. The minimum absolute atomic E-state index is 0.155. The summed E-state index contributed by atoms with van der Waals surface area (Å²) in [5.41, 5.74) is 0. The van der Waals surface area contributed by atoms with E-state index in [9.17, 15) is 5.11 Å². The van der Waals surface area contributed by atoms with Gasteiger partial charge in [0.25, 0.3) is 0 Å². The SMILES string of the molecule is CCNCC(O)CCC(C)C. The lowest BCUT2D eigenvalue weighted by molar-refractivity contribution is 0.155. The van der Waals surface area contributed by atoms with Crippen molar-refractivity contribution >= 4 is 0 Å². The predicted octanol–water partition coefficient (Wildman–Crippen LogP) is 1.39. The Kier molecular flexibility index (Phi) is 6.57. The minimum atomic E-state index is -0.155. The van der Waals surface area contributed by atoms with E-state index in [0.29, 0.717) is 5.92 Å². The molecule has 2 N–H and O–H groups in total. The van der Waals surface area contributed by atoms with Gasteiger partial charge in [0.05, 0.1) is 6.10 Å². The molecule has 11 heavy (non-hydrogen) atoms. The molecule has 0 aromatic carbocycles. The first-order valence-corrected chi connectivity index (χ1v) is 4.55. The Morgan fingerprint density at radius 1 is 1.27 bits per heavy atom. The van der Waals surface area contributed by atoms with Crippen LogP contribution >= 0.6 is 0 Å². The highest BCUT2D eigenvalue weighted by Gasteiger charge is 2.03. The van der Waals surface area contributed by atoms with Gasteiger partial charge in [0, 0.05) is 6.54 Å². The summed E-state index contributed by atoms with van der Waals surface area (Å²) in [4.78, 5) is 0. The molecule has 0 aliphatic rings. The van der Waals surface area contributed by atoms with Gasteiger partial charge in [-0.1, -0.05) is 20.8 Å². The van der Waals surface area contributed by atoms with E-state index in [4.69, 9.17) is 0 Å². The fourth-order valence-electron chi connectivity index (χ4n) is 0.939. The number of hydrogen-bond acceptors (Lipinski definition) is 2. The molecule has 0 bridgehead atoms. The lowest BCUT2D eigenvalue weighted by Crippen LogP contribution is -2.26. The van der Waals surface area contributed by atoms with E-state index in [1.165, 1.54) is 0 Å². The molecule has 0 aromatic heterocycles. The second-order valence-corrected chi connectivity index (χ2v) is 3.43. The molecular formula is C9H21NO. The molecule has 0 aromatic rings. The number of aliphatic hydroxyl groups is 1. The van der Waals surface area contributed by atoms with Crippen LogP contribution in [0.25, 0.3) is 0 Å². The normalized spacial score (nSPS) is 13.9. The number of hydrogen-bond donors (Lipinski definition) is 2. The molecule has 0 saturated heterocycles. The highest BCUT2D eigenvalue weighted by atomic mass is 16.3. The zero-order chi connectivity index (χ0) is 8.69. The fraction of sp³-hybridized carbons (Fsp3) is 1.00. The monoisotopic (exact) mass is 159 g/mol. The van der Waals surface area contributed by atoms with Crippen molar-refractivity contribution in [1.29, 1.82) is 0 Å². The Bertz CT molecular complexity index is 83.6. The Morgan fingerprint density at radius 2 is 1.91 bits per heavy atom. The van der Waals surface area contributed by atoms with Crippen molar-refractivity contribution in [2.45, 2.75) is 39.7 Å². The second-order valence-electron chi connectivity index (χ2n) is 3.43. The molecule has 2 heteroatoms. The van der Waals surface area contributed by atoms with Crippen molar-refractivity contribution in [2.75, 3.05) is 13.1 Å². The molecule has 0 fully saturated rings. The number of rotatable bonds is 6. The zero-order valence-electron chi connectivity index (χ0n) is 7.93. The van der Waals surface area contributed by atoms with Gasteiger partial charge in [-0.2, -0.15) is 0 Å². The molecule has 0 radical (unpaired) electrons. The molecule has 0 spiro atoms. The van der Waals surface area contributed by atoms with Crippen LogP contribution in [0.15, 0.2) is 0 Å². The van der Waals surface area contributed by atoms with Crippen LogP contribution in [0.2, 0.25) is 0 Å². The molecule has 0 aliphatic carbocycles. The Labute approximate surface area is 70.0 Å². The van der Waals surface area contributed by atoms with Crippen molar-refractivity contribution in [1.82, 2.24) is 5.32 Å². The zero-order valence-corrected chi connectivity index (χ0v) is 7.93. The average Bonchev–Trinajstić information content (AvgIpc) is 1.97. The van der Waals surface area contributed by atoms with Crippen molar-refractivity contribution in [3.63, 3.8) is 0 Å². The summed E-state index contributed by atoms with van der Waals surface area (Å²) in [7, 11) is 0. The summed E-state index contributed by atoms with van der Waals surface area (Å²) in [5, 5.41) is 12.5. The van der Waals surface area contributed by atoms with Crippen molar-refractivity contribution in [2.24, 2.45) is 5.92 Å². The minimum Gasteiger partial charge on any atom is -0.392 e. The largest absolute Gasteiger partial charge is 0.392 e. The molecule has 2 nitrogen and oxygen atoms in total. The molecule has 0 saturated carbocycles. The Hall–Kier alpha value is -0.0800. The van der Waals surface area contributed by atoms with E-state index < -0.39 is 0 Å². The first-order valence-electron chi connectivity index (χ1n) is 4.55. The van der Waals surface area contributed by atoms with Gasteiger partial charge in [-0.15, -0.1) is 0 Å². The average molecular weight is 159 g/mol. The number of aliphatic hydroxyl groups excluding tert-OH is 1. The quantitative estimate of drug-likeness (QED) is 0.614. The molecule has 1 atom stereocenters. The lowest BCUT2D eigenvalue weighted by Gasteiger charge is -2.11. The Balaban J connectivity index is 3.15. The molecule has 0 rings (SSSR count). The maximum absolute atomic E-state index is 9.37. The van der Waals surface area contributed by atoms with Gasteiger partial charge in [0.2, 0.25) is 0 Å². The third kappa shape index (κ3) is 7.82. The van der Waals surface area contributed by atoms with Gasteiger partial charge in [-0.05, 0) is 25.3 Å². The molecule has 1 unspecified atom stereocenters. The smallest absolute Gasteiger partial charge is 0.0664 e. The van der Waals surface area contributed by atoms with Crippen LogP contribution in [-0.2, 0) is 0 Å². The van der Waals surface area contributed by atoms with E-state index in [1.807, 2.05) is 0 Å². The fourth-order valence-corrected chi connectivity index (χ4v) is 0.939. The van der Waals surface area contributed by atoms with Crippen molar-refractivity contribution in [3.05, 3.63) is 0 Å². The summed E-state index contributed by atoms with van der Waals surface area (Å²) >= 11 is 0. The summed E-state index contributed by atoms with van der Waals surface area (Å²) in [6.07, 6.45) is 1.88. The molecule has 0 aliphatic heterocycles. The van der Waals surface area contributed by atoms with Gasteiger partial charge in [0.15, 0.2) is 0 Å². The lowest BCUT2D eigenvalue weighted by atomic mass is 10.1. The molecule has 0 amide bonds. The maximum Gasteiger partial charge on any atom is 0.0664 e.